The van der Waals surface area contributed by atoms with Crippen molar-refractivity contribution in [3.8, 4) is 0 Å². The molecule has 0 amide bonds. The van der Waals surface area contributed by atoms with E-state index in [1.807, 2.05) is 24.4 Å². The van der Waals surface area contributed by atoms with Crippen molar-refractivity contribution >= 4 is 32.6 Å². The maximum absolute atomic E-state index is 12.7. The van der Waals surface area contributed by atoms with Gasteiger partial charge in [-0.05, 0) is 25.0 Å². The Morgan fingerprint density at radius 2 is 1.95 bits per heavy atom. The summed E-state index contributed by atoms with van der Waals surface area (Å²) in [6.07, 6.45) is 5.92. The molecule has 0 saturated carbocycles. The van der Waals surface area contributed by atoms with E-state index in [0.29, 0.717) is 0 Å². The molecule has 1 aromatic carbocycles. The molecule has 1 heterocycles. The molecule has 1 aromatic heterocycles. The molecule has 2 nitrogen and oxygen atoms in total. The highest BCUT2D eigenvalue weighted by Crippen LogP contribution is 2.30. The molecule has 0 atom stereocenters. The normalized spacial score (nSPS) is 11.4. The lowest BCUT2D eigenvalue weighted by molar-refractivity contribution is 0.0906. The number of nitrogens with one attached hydrogen (secondary N) is 1. The van der Waals surface area contributed by atoms with Crippen LogP contribution in [0.15, 0.2) is 28.9 Å². The fourth-order valence-electron chi connectivity index (χ4n) is 2.66. The van der Waals surface area contributed by atoms with Gasteiger partial charge in [0.15, 0.2) is 5.78 Å². The predicted molar refractivity (Wildman–Crippen MR) is 83.6 cm³/mol. The predicted octanol–water partition coefficient (Wildman–Crippen LogP) is 5.33. The van der Waals surface area contributed by atoms with Crippen LogP contribution >= 0.6 is 15.9 Å². The zero-order chi connectivity index (χ0) is 13.8. The first kappa shape index (κ1) is 14.3. The van der Waals surface area contributed by atoms with Gasteiger partial charge in [-0.25, -0.2) is 0 Å². The minimum Gasteiger partial charge on any atom is -0.360 e. The number of benzene rings is 1. The van der Waals surface area contributed by atoms with Gasteiger partial charge in [0, 0.05) is 33.1 Å². The quantitative estimate of drug-likeness (QED) is 0.716. The van der Waals surface area contributed by atoms with Gasteiger partial charge in [-0.15, -0.1) is 0 Å². The number of hydrogen-bond donors (Lipinski definition) is 1. The number of fused-ring (bicyclic) bond motifs is 1. The van der Waals surface area contributed by atoms with Crippen LogP contribution in [0, 0.1) is 5.92 Å². The van der Waals surface area contributed by atoms with E-state index in [1.54, 1.807) is 0 Å². The SMILES string of the molecule is CCCC(CCC)C(=O)c1c[nH]c2cccc(Br)c12. The monoisotopic (exact) mass is 321 g/mol. The third-order valence-corrected chi connectivity index (χ3v) is 4.23. The maximum atomic E-state index is 12.7. The fraction of sp³-hybridized carbons (Fsp3) is 0.438. The van der Waals surface area contributed by atoms with Crippen molar-refractivity contribution in [1.82, 2.24) is 4.98 Å². The Hall–Kier alpha value is -1.09. The fourth-order valence-corrected chi connectivity index (χ4v) is 3.24. The van der Waals surface area contributed by atoms with Crippen LogP contribution in [0.2, 0.25) is 0 Å². The number of carbonyl (C=O) groups is 1. The van der Waals surface area contributed by atoms with E-state index in [2.05, 4.69) is 34.8 Å². The highest BCUT2D eigenvalue weighted by Gasteiger charge is 2.22. The lowest BCUT2D eigenvalue weighted by atomic mass is 9.90. The molecule has 2 aromatic rings. The second-order valence-electron chi connectivity index (χ2n) is 5.00. The summed E-state index contributed by atoms with van der Waals surface area (Å²) in [4.78, 5) is 15.9. The van der Waals surface area contributed by atoms with Crippen LogP contribution in [-0.4, -0.2) is 10.8 Å². The van der Waals surface area contributed by atoms with Crippen molar-refractivity contribution in [2.24, 2.45) is 5.92 Å². The number of ketones is 1. The molecular weight excluding hydrogens is 302 g/mol. The van der Waals surface area contributed by atoms with Crippen molar-refractivity contribution in [3.05, 3.63) is 34.4 Å². The number of hydrogen-bond acceptors (Lipinski definition) is 1. The Kier molecular flexibility index (Phi) is 4.81. The van der Waals surface area contributed by atoms with Crippen LogP contribution in [-0.2, 0) is 0 Å². The molecule has 19 heavy (non-hydrogen) atoms. The Labute approximate surface area is 122 Å². The van der Waals surface area contributed by atoms with E-state index < -0.39 is 0 Å². The van der Waals surface area contributed by atoms with Crippen LogP contribution < -0.4 is 0 Å². The van der Waals surface area contributed by atoms with E-state index in [0.717, 1.165) is 46.6 Å². The minimum absolute atomic E-state index is 0.154. The van der Waals surface area contributed by atoms with Crippen LogP contribution in [0.25, 0.3) is 10.9 Å². The van der Waals surface area contributed by atoms with Crippen LogP contribution in [0.1, 0.15) is 49.9 Å². The van der Waals surface area contributed by atoms with Gasteiger partial charge in [0.25, 0.3) is 0 Å². The molecule has 2 rings (SSSR count). The summed E-state index contributed by atoms with van der Waals surface area (Å²) in [6, 6.07) is 5.97. The van der Waals surface area contributed by atoms with E-state index in [-0.39, 0.29) is 11.7 Å². The summed E-state index contributed by atoms with van der Waals surface area (Å²) in [5, 5.41) is 1.02. The topological polar surface area (TPSA) is 32.9 Å². The van der Waals surface area contributed by atoms with Gasteiger partial charge in [0.05, 0.1) is 0 Å². The van der Waals surface area contributed by atoms with Gasteiger partial charge >= 0.3 is 0 Å². The van der Waals surface area contributed by atoms with Crippen molar-refractivity contribution < 1.29 is 4.79 Å². The Bertz CT molecular complexity index is 567. The average Bonchev–Trinajstić information content (AvgIpc) is 2.83. The molecule has 1 N–H and O–H groups in total. The number of halogens is 1. The van der Waals surface area contributed by atoms with Crippen molar-refractivity contribution in [2.75, 3.05) is 0 Å². The van der Waals surface area contributed by atoms with Gasteiger partial charge in [-0.2, -0.15) is 0 Å². The highest BCUT2D eigenvalue weighted by atomic mass is 79.9. The molecule has 0 fully saturated rings. The molecular formula is C16H20BrNO. The van der Waals surface area contributed by atoms with Gasteiger partial charge in [0.2, 0.25) is 0 Å². The first-order valence-electron chi connectivity index (χ1n) is 6.98. The van der Waals surface area contributed by atoms with E-state index in [1.165, 1.54) is 0 Å². The van der Waals surface area contributed by atoms with Crippen molar-refractivity contribution in [3.63, 3.8) is 0 Å². The third-order valence-electron chi connectivity index (χ3n) is 3.57. The van der Waals surface area contributed by atoms with E-state index in [9.17, 15) is 4.79 Å². The molecule has 0 radical (unpaired) electrons. The summed E-state index contributed by atoms with van der Waals surface area (Å²) in [5.41, 5.74) is 1.85. The zero-order valence-electron chi connectivity index (χ0n) is 11.5. The van der Waals surface area contributed by atoms with Crippen LogP contribution in [0.5, 0.6) is 0 Å². The summed E-state index contributed by atoms with van der Waals surface area (Å²) in [5.74, 6) is 0.433. The highest BCUT2D eigenvalue weighted by molar-refractivity contribution is 9.10. The second-order valence-corrected chi connectivity index (χ2v) is 5.86. The number of Topliss-reactive ketones (excluding diaryl/α,β-unsaturated/α-hetero) is 1. The summed E-state index contributed by atoms with van der Waals surface area (Å²) in [7, 11) is 0. The summed E-state index contributed by atoms with van der Waals surface area (Å²) in [6.45, 7) is 4.28. The smallest absolute Gasteiger partial charge is 0.168 e. The van der Waals surface area contributed by atoms with E-state index in [4.69, 9.17) is 0 Å². The first-order valence-corrected chi connectivity index (χ1v) is 7.78. The summed E-state index contributed by atoms with van der Waals surface area (Å²) >= 11 is 3.55. The molecule has 3 heteroatoms. The minimum atomic E-state index is 0.154. The number of H-pyrrole nitrogens is 1. The molecule has 0 aliphatic carbocycles. The second kappa shape index (κ2) is 6.38. The van der Waals surface area contributed by atoms with Gasteiger partial charge in [0.1, 0.15) is 0 Å². The van der Waals surface area contributed by atoms with Gasteiger partial charge in [-0.3, -0.25) is 4.79 Å². The van der Waals surface area contributed by atoms with Crippen LogP contribution in [0.3, 0.4) is 0 Å². The number of aromatic amines is 1. The molecule has 0 spiro atoms. The molecule has 0 aliphatic heterocycles. The van der Waals surface area contributed by atoms with Gasteiger partial charge in [-0.1, -0.05) is 48.7 Å². The van der Waals surface area contributed by atoms with Crippen molar-refractivity contribution in [2.45, 2.75) is 39.5 Å². The molecule has 0 aliphatic rings. The standard InChI is InChI=1S/C16H20BrNO/c1-3-6-11(7-4-2)16(19)12-10-18-14-9-5-8-13(17)15(12)14/h5,8-11,18H,3-4,6-7H2,1-2H3. The average molecular weight is 322 g/mol. The summed E-state index contributed by atoms with van der Waals surface area (Å²) < 4.78 is 0.987. The number of rotatable bonds is 6. The lowest BCUT2D eigenvalue weighted by Gasteiger charge is -2.13. The number of aromatic nitrogens is 1. The lowest BCUT2D eigenvalue weighted by Crippen LogP contribution is -2.14. The first-order chi connectivity index (χ1) is 9.19. The Morgan fingerprint density at radius 3 is 2.58 bits per heavy atom. The third kappa shape index (κ3) is 2.92. The zero-order valence-corrected chi connectivity index (χ0v) is 13.1. The van der Waals surface area contributed by atoms with Gasteiger partial charge < -0.3 is 4.98 Å². The maximum Gasteiger partial charge on any atom is 0.168 e. The van der Waals surface area contributed by atoms with E-state index >= 15 is 0 Å². The molecule has 102 valence electrons. The molecule has 0 unspecified atom stereocenters. The van der Waals surface area contributed by atoms with Crippen LogP contribution in [0.4, 0.5) is 0 Å². The van der Waals surface area contributed by atoms with Crippen molar-refractivity contribution in [1.29, 1.82) is 0 Å². The molecule has 0 bridgehead atoms. The largest absolute Gasteiger partial charge is 0.360 e. The number of carbonyl (C=O) groups excluding carboxylic acids is 1. The Morgan fingerprint density at radius 1 is 1.26 bits per heavy atom. The Balaban J connectivity index is 2.40. The molecule has 0 saturated heterocycles.